The van der Waals surface area contributed by atoms with Crippen LogP contribution in [0.15, 0.2) is 29.4 Å². The molecular weight excluding hydrogens is 216 g/mol. The molecule has 0 heterocycles. The van der Waals surface area contributed by atoms with Crippen LogP contribution < -0.4 is 10.2 Å². The number of aliphatic hydroxyl groups is 1. The van der Waals surface area contributed by atoms with Gasteiger partial charge in [0.1, 0.15) is 5.75 Å². The van der Waals surface area contributed by atoms with Crippen molar-refractivity contribution in [1.82, 2.24) is 5.43 Å². The largest absolute Gasteiger partial charge is 0.493 e. The van der Waals surface area contributed by atoms with Crippen LogP contribution in [0.5, 0.6) is 5.75 Å². The number of nitrogens with zero attached hydrogens (tertiary/aromatic N) is 1. The van der Waals surface area contributed by atoms with Gasteiger partial charge in [0.15, 0.2) is 0 Å². The highest BCUT2D eigenvalue weighted by Crippen LogP contribution is 2.16. The lowest BCUT2D eigenvalue weighted by atomic mass is 10.2. The lowest BCUT2D eigenvalue weighted by Gasteiger charge is -2.07. The number of para-hydroxylation sites is 1. The Hall–Kier alpha value is -1.55. The van der Waals surface area contributed by atoms with E-state index in [1.165, 1.54) is 0 Å². The summed E-state index contributed by atoms with van der Waals surface area (Å²) in [6.45, 7) is 3.39. The van der Waals surface area contributed by atoms with E-state index in [0.717, 1.165) is 30.8 Å². The van der Waals surface area contributed by atoms with Crippen molar-refractivity contribution in [2.75, 3.05) is 19.8 Å². The molecule has 4 heteroatoms. The Morgan fingerprint density at radius 1 is 1.41 bits per heavy atom. The standard InChI is InChI=1S/C13H20N2O2/c1-2-3-10-17-13-7-5-4-6-12(13)11-15-14-8-9-16/h4-7,11,14,16H,2-3,8-10H2,1H3. The summed E-state index contributed by atoms with van der Waals surface area (Å²) < 4.78 is 5.67. The molecule has 0 spiro atoms. The monoisotopic (exact) mass is 236 g/mol. The molecule has 0 aliphatic rings. The average molecular weight is 236 g/mol. The number of hydrogen-bond acceptors (Lipinski definition) is 4. The molecule has 1 rings (SSSR count). The van der Waals surface area contributed by atoms with Crippen molar-refractivity contribution in [3.8, 4) is 5.75 Å². The highest BCUT2D eigenvalue weighted by Gasteiger charge is 1.99. The molecule has 94 valence electrons. The molecule has 0 fully saturated rings. The summed E-state index contributed by atoms with van der Waals surface area (Å²) in [4.78, 5) is 0. The first kappa shape index (κ1) is 13.5. The molecule has 4 nitrogen and oxygen atoms in total. The summed E-state index contributed by atoms with van der Waals surface area (Å²) in [5, 5.41) is 12.6. The quantitative estimate of drug-likeness (QED) is 0.411. The first-order valence-electron chi connectivity index (χ1n) is 5.97. The van der Waals surface area contributed by atoms with Crippen LogP contribution >= 0.6 is 0 Å². The zero-order valence-electron chi connectivity index (χ0n) is 10.2. The Morgan fingerprint density at radius 3 is 3.00 bits per heavy atom. The summed E-state index contributed by atoms with van der Waals surface area (Å²) in [6, 6.07) is 7.77. The minimum absolute atomic E-state index is 0.0754. The van der Waals surface area contributed by atoms with Crippen molar-refractivity contribution < 1.29 is 9.84 Å². The fourth-order valence-electron chi connectivity index (χ4n) is 1.27. The van der Waals surface area contributed by atoms with Crippen LogP contribution in [0.3, 0.4) is 0 Å². The molecule has 17 heavy (non-hydrogen) atoms. The van der Waals surface area contributed by atoms with E-state index in [4.69, 9.17) is 9.84 Å². The number of ether oxygens (including phenoxy) is 1. The van der Waals surface area contributed by atoms with Crippen molar-refractivity contribution in [3.63, 3.8) is 0 Å². The number of hydrogen-bond donors (Lipinski definition) is 2. The second kappa shape index (κ2) is 8.58. The van der Waals surface area contributed by atoms with Crippen LogP contribution in [0.1, 0.15) is 25.3 Å². The summed E-state index contributed by atoms with van der Waals surface area (Å²) >= 11 is 0. The topological polar surface area (TPSA) is 53.8 Å². The predicted octanol–water partition coefficient (Wildman–Crippen LogP) is 1.78. The smallest absolute Gasteiger partial charge is 0.128 e. The maximum absolute atomic E-state index is 8.60. The Balaban J connectivity index is 2.54. The van der Waals surface area contributed by atoms with E-state index in [9.17, 15) is 0 Å². The third-order valence-corrected chi connectivity index (χ3v) is 2.19. The Bertz CT molecular complexity index is 340. The maximum atomic E-state index is 8.60. The van der Waals surface area contributed by atoms with Gasteiger partial charge in [-0.05, 0) is 18.6 Å². The minimum atomic E-state index is 0.0754. The normalized spacial score (nSPS) is 10.7. The molecule has 0 aliphatic heterocycles. The van der Waals surface area contributed by atoms with Crippen LogP contribution in [-0.2, 0) is 0 Å². The van der Waals surface area contributed by atoms with Gasteiger partial charge in [0.25, 0.3) is 0 Å². The molecule has 0 radical (unpaired) electrons. The highest BCUT2D eigenvalue weighted by molar-refractivity contribution is 5.83. The van der Waals surface area contributed by atoms with Crippen molar-refractivity contribution in [1.29, 1.82) is 0 Å². The Morgan fingerprint density at radius 2 is 2.24 bits per heavy atom. The van der Waals surface area contributed by atoms with Crippen LogP contribution in [-0.4, -0.2) is 31.1 Å². The van der Waals surface area contributed by atoms with Gasteiger partial charge in [0, 0.05) is 5.56 Å². The van der Waals surface area contributed by atoms with Gasteiger partial charge in [-0.3, -0.25) is 0 Å². The number of hydrazone groups is 1. The molecule has 0 unspecified atom stereocenters. The molecule has 0 aromatic heterocycles. The summed E-state index contributed by atoms with van der Waals surface area (Å²) in [7, 11) is 0. The van der Waals surface area contributed by atoms with Crippen LogP contribution in [0.25, 0.3) is 0 Å². The van der Waals surface area contributed by atoms with Gasteiger partial charge in [-0.15, -0.1) is 0 Å². The number of rotatable bonds is 8. The Kier molecular flexibility index (Phi) is 6.82. The highest BCUT2D eigenvalue weighted by atomic mass is 16.5. The fraction of sp³-hybridized carbons (Fsp3) is 0.462. The van der Waals surface area contributed by atoms with Gasteiger partial charge < -0.3 is 15.3 Å². The van der Waals surface area contributed by atoms with Gasteiger partial charge >= 0.3 is 0 Å². The van der Waals surface area contributed by atoms with E-state index in [2.05, 4.69) is 17.5 Å². The zero-order valence-corrected chi connectivity index (χ0v) is 10.2. The summed E-state index contributed by atoms with van der Waals surface area (Å²) in [5.41, 5.74) is 3.68. The van der Waals surface area contributed by atoms with Crippen LogP contribution in [0.4, 0.5) is 0 Å². The van der Waals surface area contributed by atoms with Gasteiger partial charge in [-0.2, -0.15) is 5.10 Å². The van der Waals surface area contributed by atoms with E-state index in [0.29, 0.717) is 6.54 Å². The van der Waals surface area contributed by atoms with Gasteiger partial charge in [-0.1, -0.05) is 25.5 Å². The van der Waals surface area contributed by atoms with Gasteiger partial charge in [-0.25, -0.2) is 0 Å². The van der Waals surface area contributed by atoms with E-state index in [1.54, 1.807) is 6.21 Å². The summed E-state index contributed by atoms with van der Waals surface area (Å²) in [6.07, 6.45) is 3.87. The number of benzene rings is 1. The van der Waals surface area contributed by atoms with E-state index in [1.807, 2.05) is 24.3 Å². The molecule has 2 N–H and O–H groups in total. The first-order valence-corrected chi connectivity index (χ1v) is 5.97. The third-order valence-electron chi connectivity index (χ3n) is 2.19. The number of unbranched alkanes of at least 4 members (excludes halogenated alkanes) is 1. The lowest BCUT2D eigenvalue weighted by Crippen LogP contribution is -2.11. The molecule has 0 bridgehead atoms. The maximum Gasteiger partial charge on any atom is 0.128 e. The molecule has 0 saturated heterocycles. The van der Waals surface area contributed by atoms with E-state index >= 15 is 0 Å². The predicted molar refractivity (Wildman–Crippen MR) is 69.5 cm³/mol. The number of aliphatic hydroxyl groups excluding tert-OH is 1. The SMILES string of the molecule is CCCCOc1ccccc1C=NNCCO. The fourth-order valence-corrected chi connectivity index (χ4v) is 1.27. The van der Waals surface area contributed by atoms with Gasteiger partial charge in [0.2, 0.25) is 0 Å². The second-order valence-electron chi connectivity index (χ2n) is 3.63. The van der Waals surface area contributed by atoms with Crippen molar-refractivity contribution in [2.24, 2.45) is 5.10 Å². The van der Waals surface area contributed by atoms with E-state index in [-0.39, 0.29) is 6.61 Å². The van der Waals surface area contributed by atoms with Crippen LogP contribution in [0, 0.1) is 0 Å². The molecule has 0 aliphatic carbocycles. The van der Waals surface area contributed by atoms with Crippen molar-refractivity contribution in [3.05, 3.63) is 29.8 Å². The second-order valence-corrected chi connectivity index (χ2v) is 3.63. The first-order chi connectivity index (χ1) is 8.38. The Labute approximate surface area is 102 Å². The molecule has 0 atom stereocenters. The van der Waals surface area contributed by atoms with Gasteiger partial charge in [0.05, 0.1) is 26.0 Å². The zero-order chi connectivity index (χ0) is 12.3. The molecule has 0 amide bonds. The number of nitrogens with one attached hydrogen (secondary N) is 1. The molecule has 1 aromatic carbocycles. The third kappa shape index (κ3) is 5.36. The molecule has 1 aromatic rings. The molecular formula is C13H20N2O2. The molecule has 0 saturated carbocycles. The minimum Gasteiger partial charge on any atom is -0.493 e. The lowest BCUT2D eigenvalue weighted by molar-refractivity contribution is 0.293. The van der Waals surface area contributed by atoms with Crippen molar-refractivity contribution >= 4 is 6.21 Å². The average Bonchev–Trinajstić information content (AvgIpc) is 2.36. The van der Waals surface area contributed by atoms with Crippen molar-refractivity contribution in [2.45, 2.75) is 19.8 Å². The summed E-state index contributed by atoms with van der Waals surface area (Å²) in [5.74, 6) is 0.843. The van der Waals surface area contributed by atoms with E-state index < -0.39 is 0 Å². The van der Waals surface area contributed by atoms with Crippen LogP contribution in [0.2, 0.25) is 0 Å².